The van der Waals surface area contributed by atoms with E-state index in [1.165, 1.54) is 0 Å². The molecule has 2 fully saturated rings. The topological polar surface area (TPSA) is 47.9 Å². The van der Waals surface area contributed by atoms with Crippen molar-refractivity contribution in [3.8, 4) is 0 Å². The van der Waals surface area contributed by atoms with E-state index < -0.39 is 11.9 Å². The Balaban J connectivity index is 1.99. The molecule has 2 rings (SSSR count). The summed E-state index contributed by atoms with van der Waals surface area (Å²) in [4.78, 5) is 0. The number of ether oxygens (including phenoxy) is 3. The van der Waals surface area contributed by atoms with Crippen LogP contribution in [0.5, 0.6) is 0 Å². The van der Waals surface area contributed by atoms with Crippen molar-refractivity contribution >= 4 is 0 Å². The third kappa shape index (κ3) is 2.18. The van der Waals surface area contributed by atoms with Gasteiger partial charge in [0.05, 0.1) is 12.2 Å². The quantitative estimate of drug-likeness (QED) is 0.766. The molecule has 4 heteroatoms. The minimum absolute atomic E-state index is 0.0216. The van der Waals surface area contributed by atoms with Crippen LogP contribution in [0.2, 0.25) is 0 Å². The van der Waals surface area contributed by atoms with Gasteiger partial charge in [0.15, 0.2) is 5.79 Å². The van der Waals surface area contributed by atoms with Crippen molar-refractivity contribution in [1.82, 2.24) is 0 Å². The van der Waals surface area contributed by atoms with Crippen molar-refractivity contribution in [3.05, 3.63) is 0 Å². The second-order valence-corrected chi connectivity index (χ2v) is 4.78. The van der Waals surface area contributed by atoms with Crippen molar-refractivity contribution in [2.24, 2.45) is 0 Å². The first-order chi connectivity index (χ1) is 7.03. The Labute approximate surface area is 90.5 Å². The molecule has 0 aromatic rings. The van der Waals surface area contributed by atoms with E-state index in [0.29, 0.717) is 13.0 Å². The van der Waals surface area contributed by atoms with E-state index in [0.717, 1.165) is 6.42 Å². The van der Waals surface area contributed by atoms with Crippen molar-refractivity contribution in [2.75, 3.05) is 6.61 Å². The molecule has 88 valence electrons. The van der Waals surface area contributed by atoms with Gasteiger partial charge in [0.25, 0.3) is 0 Å². The molecule has 2 aliphatic rings. The van der Waals surface area contributed by atoms with E-state index in [4.69, 9.17) is 14.2 Å². The summed E-state index contributed by atoms with van der Waals surface area (Å²) in [5.41, 5.74) is 0. The summed E-state index contributed by atoms with van der Waals surface area (Å²) in [6, 6.07) is 0. The van der Waals surface area contributed by atoms with E-state index in [9.17, 15) is 5.11 Å². The summed E-state index contributed by atoms with van der Waals surface area (Å²) in [6.07, 6.45) is 0.786. The molecule has 1 aliphatic heterocycles. The van der Waals surface area contributed by atoms with Gasteiger partial charge in [0, 0.05) is 13.0 Å². The Morgan fingerprint density at radius 3 is 2.67 bits per heavy atom. The molecule has 0 spiro atoms. The van der Waals surface area contributed by atoms with Gasteiger partial charge >= 0.3 is 0 Å². The molecule has 0 radical (unpaired) electrons. The van der Waals surface area contributed by atoms with Gasteiger partial charge in [0.1, 0.15) is 12.2 Å². The lowest BCUT2D eigenvalue weighted by molar-refractivity contribution is -0.175. The van der Waals surface area contributed by atoms with Gasteiger partial charge in [-0.2, -0.15) is 0 Å². The van der Waals surface area contributed by atoms with Crippen LogP contribution < -0.4 is 0 Å². The molecule has 1 N–H and O–H groups in total. The highest BCUT2D eigenvalue weighted by Gasteiger charge is 2.54. The molecule has 1 unspecified atom stereocenters. The number of aliphatic hydroxyl groups is 1. The van der Waals surface area contributed by atoms with Gasteiger partial charge in [-0.25, -0.2) is 0 Å². The summed E-state index contributed by atoms with van der Waals surface area (Å²) in [5.74, 6) is -0.593. The fourth-order valence-electron chi connectivity index (χ4n) is 2.34. The van der Waals surface area contributed by atoms with Gasteiger partial charge in [-0.3, -0.25) is 0 Å². The molecular formula is C11H20O4. The van der Waals surface area contributed by atoms with Crippen LogP contribution >= 0.6 is 0 Å². The molecule has 1 saturated carbocycles. The normalized spacial score (nSPS) is 43.2. The summed E-state index contributed by atoms with van der Waals surface area (Å²) in [6.45, 7) is 6.52. The maximum atomic E-state index is 9.82. The molecule has 0 aromatic heterocycles. The van der Waals surface area contributed by atoms with E-state index in [-0.39, 0.29) is 18.3 Å². The van der Waals surface area contributed by atoms with Crippen LogP contribution in [-0.2, 0) is 14.2 Å². The van der Waals surface area contributed by atoms with Crippen LogP contribution in [0.1, 0.15) is 33.6 Å². The molecule has 0 aromatic carbocycles. The Bertz CT molecular complexity index is 229. The van der Waals surface area contributed by atoms with Gasteiger partial charge < -0.3 is 19.3 Å². The first kappa shape index (κ1) is 11.3. The summed E-state index contributed by atoms with van der Waals surface area (Å²) in [5, 5.41) is 9.82. The first-order valence-electron chi connectivity index (χ1n) is 5.69. The van der Waals surface area contributed by atoms with Gasteiger partial charge in [-0.05, 0) is 20.3 Å². The average Bonchev–Trinajstić information content (AvgIpc) is 2.60. The number of hydrogen-bond donors (Lipinski definition) is 1. The van der Waals surface area contributed by atoms with E-state index in [1.54, 1.807) is 0 Å². The zero-order valence-electron chi connectivity index (χ0n) is 9.60. The van der Waals surface area contributed by atoms with Crippen molar-refractivity contribution in [1.29, 1.82) is 0 Å². The molecule has 0 amide bonds. The fraction of sp³-hybridized carbons (Fsp3) is 1.00. The molecule has 4 atom stereocenters. The van der Waals surface area contributed by atoms with Crippen LogP contribution in [0.25, 0.3) is 0 Å². The number of rotatable bonds is 3. The van der Waals surface area contributed by atoms with Gasteiger partial charge in [-0.1, -0.05) is 6.92 Å². The minimum atomic E-state index is -0.593. The monoisotopic (exact) mass is 216 g/mol. The fourth-order valence-corrected chi connectivity index (χ4v) is 2.34. The summed E-state index contributed by atoms with van der Waals surface area (Å²) < 4.78 is 17.1. The maximum Gasteiger partial charge on any atom is 0.164 e. The lowest BCUT2D eigenvalue weighted by Gasteiger charge is -2.22. The predicted molar refractivity (Wildman–Crippen MR) is 54.5 cm³/mol. The van der Waals surface area contributed by atoms with Crippen LogP contribution in [0.4, 0.5) is 0 Å². The van der Waals surface area contributed by atoms with Crippen molar-refractivity contribution in [3.63, 3.8) is 0 Å². The van der Waals surface area contributed by atoms with E-state index in [2.05, 4.69) is 6.92 Å². The predicted octanol–water partition coefficient (Wildman–Crippen LogP) is 1.07. The summed E-state index contributed by atoms with van der Waals surface area (Å²) in [7, 11) is 0. The molecule has 1 heterocycles. The third-order valence-electron chi connectivity index (χ3n) is 2.92. The Hall–Kier alpha value is -0.160. The smallest absolute Gasteiger partial charge is 0.164 e. The summed E-state index contributed by atoms with van der Waals surface area (Å²) >= 11 is 0. The molecule has 4 nitrogen and oxygen atoms in total. The second kappa shape index (κ2) is 4.01. The maximum absolute atomic E-state index is 9.82. The van der Waals surface area contributed by atoms with Crippen LogP contribution in [0.3, 0.4) is 0 Å². The van der Waals surface area contributed by atoms with E-state index >= 15 is 0 Å². The Morgan fingerprint density at radius 1 is 1.33 bits per heavy atom. The SMILES string of the molecule is CCCO[C@H]1C[C@@H](O)C2OC(C)(C)O[C@@H]21. The molecule has 1 aliphatic carbocycles. The number of aliphatic hydroxyl groups excluding tert-OH is 1. The van der Waals surface area contributed by atoms with E-state index in [1.807, 2.05) is 13.8 Å². The highest BCUT2D eigenvalue weighted by Crippen LogP contribution is 2.39. The second-order valence-electron chi connectivity index (χ2n) is 4.78. The first-order valence-corrected chi connectivity index (χ1v) is 5.69. The Kier molecular flexibility index (Phi) is 3.03. The zero-order valence-corrected chi connectivity index (χ0v) is 9.60. The van der Waals surface area contributed by atoms with Crippen LogP contribution in [-0.4, -0.2) is 41.9 Å². The highest BCUT2D eigenvalue weighted by molar-refractivity contribution is 4.99. The number of hydrogen-bond acceptors (Lipinski definition) is 4. The van der Waals surface area contributed by atoms with Crippen molar-refractivity contribution < 1.29 is 19.3 Å². The van der Waals surface area contributed by atoms with Crippen molar-refractivity contribution in [2.45, 2.75) is 63.8 Å². The highest BCUT2D eigenvalue weighted by atomic mass is 16.8. The zero-order chi connectivity index (χ0) is 11.1. The lowest BCUT2D eigenvalue weighted by atomic mass is 10.2. The van der Waals surface area contributed by atoms with Crippen LogP contribution in [0.15, 0.2) is 0 Å². The molecule has 1 saturated heterocycles. The lowest BCUT2D eigenvalue weighted by Crippen LogP contribution is -2.31. The minimum Gasteiger partial charge on any atom is -0.390 e. The molecule has 0 bridgehead atoms. The standard InChI is InChI=1S/C11H20O4/c1-4-5-13-8-6-7(12)9-10(8)15-11(2,3)14-9/h7-10,12H,4-6H2,1-3H3/t7-,8+,9?,10-/m1/s1. The largest absolute Gasteiger partial charge is 0.390 e. The Morgan fingerprint density at radius 2 is 2.00 bits per heavy atom. The van der Waals surface area contributed by atoms with Crippen LogP contribution in [0, 0.1) is 0 Å². The van der Waals surface area contributed by atoms with Gasteiger partial charge in [0.2, 0.25) is 0 Å². The van der Waals surface area contributed by atoms with Gasteiger partial charge in [-0.15, -0.1) is 0 Å². The molecule has 15 heavy (non-hydrogen) atoms. The average molecular weight is 216 g/mol. The number of fused-ring (bicyclic) bond motifs is 1. The third-order valence-corrected chi connectivity index (χ3v) is 2.92. The molecular weight excluding hydrogens is 196 g/mol.